The fourth-order valence-electron chi connectivity index (χ4n) is 3.33. The van der Waals surface area contributed by atoms with E-state index < -0.39 is 0 Å². The van der Waals surface area contributed by atoms with E-state index in [1.165, 1.54) is 24.2 Å². The van der Waals surface area contributed by atoms with Crippen molar-refractivity contribution >= 4 is 16.3 Å². The van der Waals surface area contributed by atoms with Gasteiger partial charge in [0.25, 0.3) is 0 Å². The SMILES string of the molecule is Cc1nc2sccn2c1CN1CCC[C@@H](c2ccncn2)C1. The third-order valence-corrected chi connectivity index (χ3v) is 5.22. The molecular formula is C16H19N5S. The van der Waals surface area contributed by atoms with Gasteiger partial charge in [-0.2, -0.15) is 0 Å². The number of thiazole rings is 1. The van der Waals surface area contributed by atoms with Crippen LogP contribution in [0.25, 0.3) is 4.96 Å². The Labute approximate surface area is 133 Å². The van der Waals surface area contributed by atoms with Gasteiger partial charge < -0.3 is 0 Å². The Kier molecular flexibility index (Phi) is 3.63. The Bertz CT molecular complexity index is 763. The highest BCUT2D eigenvalue weighted by atomic mass is 32.1. The van der Waals surface area contributed by atoms with E-state index in [2.05, 4.69) is 48.8 Å². The maximum atomic E-state index is 4.65. The predicted molar refractivity (Wildman–Crippen MR) is 87.1 cm³/mol. The monoisotopic (exact) mass is 313 g/mol. The first kappa shape index (κ1) is 13.8. The van der Waals surface area contributed by atoms with Crippen LogP contribution in [0.5, 0.6) is 0 Å². The zero-order valence-electron chi connectivity index (χ0n) is 12.6. The van der Waals surface area contributed by atoms with E-state index in [-0.39, 0.29) is 0 Å². The molecule has 0 aromatic carbocycles. The van der Waals surface area contributed by atoms with Crippen molar-refractivity contribution in [3.05, 3.63) is 47.2 Å². The number of hydrogen-bond donors (Lipinski definition) is 0. The van der Waals surface area contributed by atoms with Gasteiger partial charge >= 0.3 is 0 Å². The van der Waals surface area contributed by atoms with Crippen LogP contribution in [0.3, 0.4) is 0 Å². The smallest absolute Gasteiger partial charge is 0.194 e. The van der Waals surface area contributed by atoms with Gasteiger partial charge in [0.05, 0.1) is 11.4 Å². The molecule has 22 heavy (non-hydrogen) atoms. The molecule has 0 saturated carbocycles. The normalized spacial score (nSPS) is 19.8. The third kappa shape index (κ3) is 2.53. The highest BCUT2D eigenvalue weighted by Crippen LogP contribution is 2.27. The van der Waals surface area contributed by atoms with E-state index in [9.17, 15) is 0 Å². The van der Waals surface area contributed by atoms with Crippen LogP contribution in [0.15, 0.2) is 30.2 Å². The van der Waals surface area contributed by atoms with Crippen LogP contribution in [0.2, 0.25) is 0 Å². The summed E-state index contributed by atoms with van der Waals surface area (Å²) < 4.78 is 2.23. The third-order valence-electron chi connectivity index (χ3n) is 4.46. The molecule has 0 N–H and O–H groups in total. The van der Waals surface area contributed by atoms with Gasteiger partial charge in [0, 0.05) is 42.5 Å². The zero-order valence-corrected chi connectivity index (χ0v) is 13.5. The molecule has 1 aliphatic rings. The Morgan fingerprint density at radius 2 is 2.36 bits per heavy atom. The molecule has 5 nitrogen and oxygen atoms in total. The molecule has 4 rings (SSSR count). The number of piperidine rings is 1. The van der Waals surface area contributed by atoms with Crippen LogP contribution in [-0.4, -0.2) is 37.3 Å². The van der Waals surface area contributed by atoms with E-state index >= 15 is 0 Å². The average molecular weight is 313 g/mol. The van der Waals surface area contributed by atoms with E-state index in [1.54, 1.807) is 17.7 Å². The molecule has 0 unspecified atom stereocenters. The van der Waals surface area contributed by atoms with Gasteiger partial charge in [-0.25, -0.2) is 15.0 Å². The van der Waals surface area contributed by atoms with Gasteiger partial charge in [-0.3, -0.25) is 9.30 Å². The summed E-state index contributed by atoms with van der Waals surface area (Å²) in [5.74, 6) is 0.517. The number of fused-ring (bicyclic) bond motifs is 1. The zero-order chi connectivity index (χ0) is 14.9. The Hall–Kier alpha value is -1.79. The van der Waals surface area contributed by atoms with Crippen LogP contribution >= 0.6 is 11.3 Å². The van der Waals surface area contributed by atoms with Crippen molar-refractivity contribution in [2.45, 2.75) is 32.2 Å². The molecule has 4 heterocycles. The summed E-state index contributed by atoms with van der Waals surface area (Å²) in [5, 5.41) is 2.10. The lowest BCUT2D eigenvalue weighted by Crippen LogP contribution is -2.34. The summed E-state index contributed by atoms with van der Waals surface area (Å²) >= 11 is 1.70. The van der Waals surface area contributed by atoms with E-state index in [0.717, 1.165) is 30.3 Å². The lowest BCUT2D eigenvalue weighted by Gasteiger charge is -2.32. The fraction of sp³-hybridized carbons (Fsp3) is 0.438. The molecule has 0 spiro atoms. The van der Waals surface area contributed by atoms with Crippen LogP contribution in [0.1, 0.15) is 35.8 Å². The summed E-state index contributed by atoms with van der Waals surface area (Å²) in [5.41, 5.74) is 3.64. The number of nitrogens with zero attached hydrogens (tertiary/aromatic N) is 5. The van der Waals surface area contributed by atoms with Crippen molar-refractivity contribution in [2.24, 2.45) is 0 Å². The lowest BCUT2D eigenvalue weighted by atomic mass is 9.94. The molecule has 3 aromatic heterocycles. The van der Waals surface area contributed by atoms with Crippen LogP contribution in [0, 0.1) is 6.92 Å². The van der Waals surface area contributed by atoms with Crippen LogP contribution < -0.4 is 0 Å². The first-order valence-electron chi connectivity index (χ1n) is 7.70. The van der Waals surface area contributed by atoms with E-state index in [4.69, 9.17) is 0 Å². The molecule has 0 aliphatic carbocycles. The highest BCUT2D eigenvalue weighted by Gasteiger charge is 2.23. The van der Waals surface area contributed by atoms with Crippen molar-refractivity contribution in [1.82, 2.24) is 24.3 Å². The van der Waals surface area contributed by atoms with Gasteiger partial charge in [0.2, 0.25) is 0 Å². The van der Waals surface area contributed by atoms with Crippen molar-refractivity contribution in [3.63, 3.8) is 0 Å². The Morgan fingerprint density at radius 3 is 3.23 bits per heavy atom. The number of rotatable bonds is 3. The average Bonchev–Trinajstić information content (AvgIpc) is 3.11. The summed E-state index contributed by atoms with van der Waals surface area (Å²) in [6.07, 6.45) is 8.06. The summed E-state index contributed by atoms with van der Waals surface area (Å²) in [6.45, 7) is 5.29. The number of hydrogen-bond acceptors (Lipinski definition) is 5. The van der Waals surface area contributed by atoms with Crippen molar-refractivity contribution in [1.29, 1.82) is 0 Å². The molecule has 6 heteroatoms. The van der Waals surface area contributed by atoms with Crippen LogP contribution in [0.4, 0.5) is 0 Å². The topological polar surface area (TPSA) is 46.3 Å². The molecule has 1 atom stereocenters. The molecule has 0 amide bonds. The van der Waals surface area contributed by atoms with Crippen molar-refractivity contribution in [3.8, 4) is 0 Å². The van der Waals surface area contributed by atoms with Gasteiger partial charge in [0.15, 0.2) is 4.96 Å². The minimum atomic E-state index is 0.517. The second kappa shape index (κ2) is 5.78. The predicted octanol–water partition coefficient (Wildman–Crippen LogP) is 2.87. The number of aromatic nitrogens is 4. The number of imidazole rings is 1. The maximum Gasteiger partial charge on any atom is 0.194 e. The van der Waals surface area contributed by atoms with Gasteiger partial charge in [-0.15, -0.1) is 11.3 Å². The van der Waals surface area contributed by atoms with Gasteiger partial charge in [-0.05, 0) is 32.4 Å². The second-order valence-corrected chi connectivity index (χ2v) is 6.78. The molecule has 0 bridgehead atoms. The molecule has 1 saturated heterocycles. The first-order chi connectivity index (χ1) is 10.8. The summed E-state index contributed by atoms with van der Waals surface area (Å²) in [4.78, 5) is 16.7. The Balaban J connectivity index is 1.53. The maximum absolute atomic E-state index is 4.65. The summed E-state index contributed by atoms with van der Waals surface area (Å²) in [7, 11) is 0. The Morgan fingerprint density at radius 1 is 1.41 bits per heavy atom. The largest absolute Gasteiger partial charge is 0.297 e. The number of likely N-dealkylation sites (tertiary alicyclic amines) is 1. The molecule has 1 aliphatic heterocycles. The fourth-order valence-corrected chi connectivity index (χ4v) is 4.10. The first-order valence-corrected chi connectivity index (χ1v) is 8.58. The number of aryl methyl sites for hydroxylation is 1. The second-order valence-electron chi connectivity index (χ2n) is 5.91. The minimum Gasteiger partial charge on any atom is -0.297 e. The van der Waals surface area contributed by atoms with Gasteiger partial charge in [0.1, 0.15) is 6.33 Å². The van der Waals surface area contributed by atoms with Crippen molar-refractivity contribution < 1.29 is 0 Å². The quantitative estimate of drug-likeness (QED) is 0.746. The highest BCUT2D eigenvalue weighted by molar-refractivity contribution is 7.15. The molecular weight excluding hydrogens is 294 g/mol. The molecule has 3 aromatic rings. The van der Waals surface area contributed by atoms with E-state index in [1.807, 2.05) is 6.20 Å². The van der Waals surface area contributed by atoms with Gasteiger partial charge in [-0.1, -0.05) is 0 Å². The molecule has 0 radical (unpaired) electrons. The summed E-state index contributed by atoms with van der Waals surface area (Å²) in [6, 6.07) is 2.05. The standard InChI is InChI=1S/C16H19N5S/c1-12-15(21-7-8-22-16(21)19-12)10-20-6-2-3-13(9-20)14-4-5-17-11-18-14/h4-5,7-8,11,13H,2-3,6,9-10H2,1H3/t13-/m1/s1. The van der Waals surface area contributed by atoms with Crippen LogP contribution in [-0.2, 0) is 6.54 Å². The lowest BCUT2D eigenvalue weighted by molar-refractivity contribution is 0.195. The van der Waals surface area contributed by atoms with E-state index in [0.29, 0.717) is 5.92 Å². The molecule has 114 valence electrons. The van der Waals surface area contributed by atoms with Crippen molar-refractivity contribution in [2.75, 3.05) is 13.1 Å². The molecule has 1 fully saturated rings. The minimum absolute atomic E-state index is 0.517.